The number of hydrogen-bond acceptors (Lipinski definition) is 6. The second-order valence-corrected chi connectivity index (χ2v) is 8.53. The van der Waals surface area contributed by atoms with Gasteiger partial charge in [-0.2, -0.15) is 16.9 Å². The molecule has 6 nitrogen and oxygen atoms in total. The van der Waals surface area contributed by atoms with Gasteiger partial charge in [0, 0.05) is 35.9 Å². The molecule has 26 heavy (non-hydrogen) atoms. The summed E-state index contributed by atoms with van der Waals surface area (Å²) in [5, 5.41) is 9.46. The number of aryl methyl sites for hydroxylation is 1. The summed E-state index contributed by atoms with van der Waals surface area (Å²) in [5.41, 5.74) is 7.25. The molecule has 0 atom stereocenters. The van der Waals surface area contributed by atoms with Crippen LogP contribution in [0.15, 0.2) is 18.5 Å². The summed E-state index contributed by atoms with van der Waals surface area (Å²) < 4.78 is 1.96. The number of pyridine rings is 1. The van der Waals surface area contributed by atoms with E-state index in [0.717, 1.165) is 46.0 Å². The number of aromatic nitrogens is 3. The van der Waals surface area contributed by atoms with Crippen LogP contribution < -0.4 is 10.8 Å². The molecule has 2 aromatic heterocycles. The monoisotopic (exact) mass is 371 g/mol. The number of hydroxylamine groups is 1. The summed E-state index contributed by atoms with van der Waals surface area (Å²) in [6.07, 6.45) is 12.6. The highest BCUT2D eigenvalue weighted by molar-refractivity contribution is 8.00. The molecule has 1 saturated heterocycles. The predicted octanol–water partition coefficient (Wildman–Crippen LogP) is 3.56. The zero-order valence-electron chi connectivity index (χ0n) is 15.1. The van der Waals surface area contributed by atoms with Crippen LogP contribution in [0.4, 0.5) is 5.69 Å². The largest absolute Gasteiger partial charge is 0.381 e. The first kappa shape index (κ1) is 16.4. The molecule has 0 unspecified atom stereocenters. The van der Waals surface area contributed by atoms with E-state index in [1.54, 1.807) is 0 Å². The highest BCUT2D eigenvalue weighted by atomic mass is 32.2. The van der Waals surface area contributed by atoms with Gasteiger partial charge in [0.1, 0.15) is 5.60 Å². The summed E-state index contributed by atoms with van der Waals surface area (Å²) >= 11 is 1.92. The topological polar surface area (TPSA) is 64.0 Å². The van der Waals surface area contributed by atoms with E-state index >= 15 is 0 Å². The van der Waals surface area contributed by atoms with Crippen LogP contribution in [0, 0.1) is 0 Å². The van der Waals surface area contributed by atoms with Crippen molar-refractivity contribution in [1.29, 1.82) is 0 Å². The fourth-order valence-electron chi connectivity index (χ4n) is 4.13. The Morgan fingerprint density at radius 3 is 2.85 bits per heavy atom. The second kappa shape index (κ2) is 6.46. The van der Waals surface area contributed by atoms with Gasteiger partial charge in [-0.05, 0) is 25.8 Å². The lowest BCUT2D eigenvalue weighted by molar-refractivity contribution is -0.00923. The van der Waals surface area contributed by atoms with E-state index in [9.17, 15) is 0 Å². The third-order valence-electron chi connectivity index (χ3n) is 5.67. The summed E-state index contributed by atoms with van der Waals surface area (Å²) in [7, 11) is 0. The molecule has 4 heterocycles. The molecule has 0 radical (unpaired) electrons. The van der Waals surface area contributed by atoms with Crippen LogP contribution in [0.2, 0.25) is 0 Å². The summed E-state index contributed by atoms with van der Waals surface area (Å²) in [4.78, 5) is 10.6. The van der Waals surface area contributed by atoms with Crippen LogP contribution in [0.25, 0.3) is 16.7 Å². The van der Waals surface area contributed by atoms with Crippen LogP contribution in [0.5, 0.6) is 0 Å². The van der Waals surface area contributed by atoms with Gasteiger partial charge in [-0.3, -0.25) is 10.3 Å². The van der Waals surface area contributed by atoms with Crippen LogP contribution in [0.3, 0.4) is 0 Å². The second-order valence-electron chi connectivity index (χ2n) is 7.54. The zero-order valence-corrected chi connectivity index (χ0v) is 15.9. The Morgan fingerprint density at radius 1 is 1.31 bits per heavy atom. The molecule has 138 valence electrons. The fourth-order valence-corrected chi connectivity index (χ4v) is 5.02. The summed E-state index contributed by atoms with van der Waals surface area (Å²) in [5.74, 6) is 2.02. The van der Waals surface area contributed by atoms with Gasteiger partial charge in [0.15, 0.2) is 5.65 Å². The molecule has 2 aliphatic heterocycles. The van der Waals surface area contributed by atoms with Crippen molar-refractivity contribution >= 4 is 34.2 Å². The Kier molecular flexibility index (Phi) is 4.09. The number of nitrogens with zero attached hydrogens (tertiary/aromatic N) is 3. The normalized spacial score (nSPS) is 22.3. The van der Waals surface area contributed by atoms with E-state index in [0.29, 0.717) is 6.04 Å². The zero-order chi connectivity index (χ0) is 17.6. The smallest absolute Gasteiger partial charge is 0.159 e. The molecule has 0 bridgehead atoms. The van der Waals surface area contributed by atoms with E-state index < -0.39 is 0 Å². The van der Waals surface area contributed by atoms with Crippen molar-refractivity contribution in [3.63, 3.8) is 0 Å². The van der Waals surface area contributed by atoms with E-state index in [4.69, 9.17) is 9.82 Å². The molecule has 2 fully saturated rings. The number of thioether (sulfide) groups is 1. The molecule has 2 aromatic rings. The predicted molar refractivity (Wildman–Crippen MR) is 106 cm³/mol. The van der Waals surface area contributed by atoms with Crippen molar-refractivity contribution in [2.24, 2.45) is 0 Å². The number of hydrogen-bond donors (Lipinski definition) is 2. The van der Waals surface area contributed by atoms with E-state index in [-0.39, 0.29) is 5.60 Å². The van der Waals surface area contributed by atoms with Crippen molar-refractivity contribution in [3.8, 4) is 0 Å². The van der Waals surface area contributed by atoms with Gasteiger partial charge in [0.05, 0.1) is 23.0 Å². The molecule has 1 saturated carbocycles. The lowest BCUT2D eigenvalue weighted by Crippen LogP contribution is -2.43. The van der Waals surface area contributed by atoms with Crippen LogP contribution in [-0.4, -0.2) is 37.9 Å². The Morgan fingerprint density at radius 2 is 2.15 bits per heavy atom. The minimum absolute atomic E-state index is 0.134. The Balaban J connectivity index is 1.58. The first-order valence-electron chi connectivity index (χ1n) is 9.64. The average Bonchev–Trinajstić information content (AvgIpc) is 3.27. The Bertz CT molecular complexity index is 851. The minimum Gasteiger partial charge on any atom is -0.381 e. The van der Waals surface area contributed by atoms with Gasteiger partial charge in [0.2, 0.25) is 0 Å². The molecular weight excluding hydrogens is 346 g/mol. The summed E-state index contributed by atoms with van der Waals surface area (Å²) in [6, 6.07) is 0.522. The van der Waals surface area contributed by atoms with Crippen LogP contribution in [-0.2, 0) is 11.4 Å². The van der Waals surface area contributed by atoms with Gasteiger partial charge >= 0.3 is 0 Å². The Hall–Kier alpha value is -1.73. The SMILES string of the molecule is CCn1ncc2c(NC3CCCCC3)c(C3=CC4(CSC4)ON3)cnc21. The molecule has 1 spiro atoms. The quantitative estimate of drug-likeness (QED) is 0.857. The molecular formula is C19H25N5OS. The molecule has 1 aliphatic carbocycles. The highest BCUT2D eigenvalue weighted by Gasteiger charge is 2.42. The lowest BCUT2D eigenvalue weighted by atomic mass is 9.94. The number of anilines is 1. The third kappa shape index (κ3) is 2.68. The van der Waals surface area contributed by atoms with Crippen molar-refractivity contribution in [1.82, 2.24) is 20.2 Å². The average molecular weight is 372 g/mol. The maximum Gasteiger partial charge on any atom is 0.159 e. The number of fused-ring (bicyclic) bond motifs is 1. The van der Waals surface area contributed by atoms with Gasteiger partial charge in [-0.15, -0.1) is 0 Å². The summed E-state index contributed by atoms with van der Waals surface area (Å²) in [6.45, 7) is 2.92. The van der Waals surface area contributed by atoms with Crippen molar-refractivity contribution in [2.75, 3.05) is 16.8 Å². The van der Waals surface area contributed by atoms with Gasteiger partial charge in [-0.25, -0.2) is 9.67 Å². The molecule has 7 heteroatoms. The highest BCUT2D eigenvalue weighted by Crippen LogP contribution is 2.41. The Labute approximate surface area is 157 Å². The van der Waals surface area contributed by atoms with E-state index in [2.05, 4.69) is 28.9 Å². The van der Waals surface area contributed by atoms with Gasteiger partial charge < -0.3 is 5.32 Å². The molecule has 5 rings (SSSR count). The third-order valence-corrected chi connectivity index (χ3v) is 7.06. The van der Waals surface area contributed by atoms with E-state index in [1.807, 2.05) is 28.8 Å². The fraction of sp³-hybridized carbons (Fsp3) is 0.579. The van der Waals surface area contributed by atoms with Crippen LogP contribution >= 0.6 is 11.8 Å². The lowest BCUT2D eigenvalue weighted by Gasteiger charge is -2.33. The van der Waals surface area contributed by atoms with Crippen LogP contribution in [0.1, 0.15) is 44.6 Å². The number of nitrogens with one attached hydrogen (secondary N) is 2. The molecule has 2 N–H and O–H groups in total. The standard InChI is InChI=1S/C19H25N5OS/c1-2-24-18-15(10-21-24)17(22-13-6-4-3-5-7-13)14(9-20-18)16-8-19(25-23-16)11-26-12-19/h8-10,13,23H,2-7,11-12H2,1H3,(H,20,22). The maximum absolute atomic E-state index is 5.89. The van der Waals surface area contributed by atoms with Gasteiger partial charge in [0.25, 0.3) is 0 Å². The molecule has 0 amide bonds. The van der Waals surface area contributed by atoms with Gasteiger partial charge in [-0.1, -0.05) is 19.3 Å². The van der Waals surface area contributed by atoms with E-state index in [1.165, 1.54) is 32.1 Å². The minimum atomic E-state index is -0.134. The van der Waals surface area contributed by atoms with Crippen molar-refractivity contribution in [2.45, 2.75) is 57.2 Å². The van der Waals surface area contributed by atoms with Crippen molar-refractivity contribution < 1.29 is 4.84 Å². The molecule has 0 aromatic carbocycles. The maximum atomic E-state index is 5.89. The molecule has 3 aliphatic rings. The van der Waals surface area contributed by atoms with Crippen molar-refractivity contribution in [3.05, 3.63) is 24.0 Å². The first-order chi connectivity index (χ1) is 12.8. The number of rotatable bonds is 4. The first-order valence-corrected chi connectivity index (χ1v) is 10.8.